The van der Waals surface area contributed by atoms with Gasteiger partial charge in [0, 0.05) is 17.6 Å². The number of hydrogen-bond acceptors (Lipinski definition) is 2. The van der Waals surface area contributed by atoms with Crippen molar-refractivity contribution in [3.63, 3.8) is 0 Å². The third-order valence-electron chi connectivity index (χ3n) is 1.56. The van der Waals surface area contributed by atoms with Crippen LogP contribution in [0.2, 0.25) is 5.02 Å². The van der Waals surface area contributed by atoms with E-state index in [1.807, 2.05) is 24.3 Å². The van der Waals surface area contributed by atoms with Crippen LogP contribution in [0.1, 0.15) is 11.6 Å². The molecule has 0 amide bonds. The van der Waals surface area contributed by atoms with E-state index in [-0.39, 0.29) is 6.04 Å². The summed E-state index contributed by atoms with van der Waals surface area (Å²) in [6.45, 7) is 0.420. The van der Waals surface area contributed by atoms with Crippen molar-refractivity contribution >= 4 is 11.6 Å². The zero-order chi connectivity index (χ0) is 8.27. The lowest BCUT2D eigenvalue weighted by atomic mass is 10.1. The first-order chi connectivity index (χ1) is 5.25. The normalized spacial score (nSPS) is 13.0. The van der Waals surface area contributed by atoms with Gasteiger partial charge in [0.2, 0.25) is 0 Å². The van der Waals surface area contributed by atoms with Gasteiger partial charge in [-0.05, 0) is 11.6 Å². The largest absolute Gasteiger partial charge is 0.329 e. The van der Waals surface area contributed by atoms with Gasteiger partial charge in [0.05, 0.1) is 0 Å². The average Bonchev–Trinajstić information content (AvgIpc) is 2.04. The maximum Gasteiger partial charge on any atom is 0.0454 e. The SMILES string of the molecule is NC[C@@H](N)c1ccccc1Cl. The molecule has 0 bridgehead atoms. The molecule has 4 N–H and O–H groups in total. The van der Waals surface area contributed by atoms with E-state index in [0.717, 1.165) is 5.56 Å². The Morgan fingerprint density at radius 2 is 2.00 bits per heavy atom. The summed E-state index contributed by atoms with van der Waals surface area (Å²) in [5.41, 5.74) is 12.0. The second-order valence-electron chi connectivity index (χ2n) is 2.36. The second-order valence-corrected chi connectivity index (χ2v) is 2.77. The molecule has 1 aromatic rings. The van der Waals surface area contributed by atoms with Gasteiger partial charge in [0.25, 0.3) is 0 Å². The lowest BCUT2D eigenvalue weighted by molar-refractivity contribution is 0.737. The highest BCUT2D eigenvalue weighted by Crippen LogP contribution is 2.19. The summed E-state index contributed by atoms with van der Waals surface area (Å²) in [7, 11) is 0. The van der Waals surface area contributed by atoms with Crippen molar-refractivity contribution in [2.45, 2.75) is 6.04 Å². The Labute approximate surface area is 71.1 Å². The van der Waals surface area contributed by atoms with Gasteiger partial charge in [-0.15, -0.1) is 0 Å². The highest BCUT2D eigenvalue weighted by Gasteiger charge is 2.05. The van der Waals surface area contributed by atoms with Gasteiger partial charge in [0.1, 0.15) is 0 Å². The molecule has 0 aliphatic carbocycles. The molecule has 0 unspecified atom stereocenters. The molecule has 0 aliphatic heterocycles. The van der Waals surface area contributed by atoms with Crippen LogP contribution in [0.4, 0.5) is 0 Å². The fourth-order valence-corrected chi connectivity index (χ4v) is 1.18. The fraction of sp³-hybridized carbons (Fsp3) is 0.250. The summed E-state index contributed by atoms with van der Waals surface area (Å²) in [6.07, 6.45) is 0. The summed E-state index contributed by atoms with van der Waals surface area (Å²) in [6, 6.07) is 7.32. The lowest BCUT2D eigenvalue weighted by Crippen LogP contribution is -2.20. The number of rotatable bonds is 2. The van der Waals surface area contributed by atoms with Gasteiger partial charge >= 0.3 is 0 Å². The van der Waals surface area contributed by atoms with Crippen LogP contribution in [0.3, 0.4) is 0 Å². The first-order valence-electron chi connectivity index (χ1n) is 3.45. The molecule has 3 heteroatoms. The summed E-state index contributed by atoms with van der Waals surface area (Å²) in [4.78, 5) is 0. The van der Waals surface area contributed by atoms with Gasteiger partial charge in [-0.2, -0.15) is 0 Å². The van der Waals surface area contributed by atoms with Crippen LogP contribution < -0.4 is 11.5 Å². The summed E-state index contributed by atoms with van der Waals surface area (Å²) >= 11 is 5.86. The second kappa shape index (κ2) is 3.72. The van der Waals surface area contributed by atoms with Gasteiger partial charge < -0.3 is 11.5 Å². The van der Waals surface area contributed by atoms with E-state index in [1.165, 1.54) is 0 Å². The molecule has 0 aromatic heterocycles. The highest BCUT2D eigenvalue weighted by atomic mass is 35.5. The summed E-state index contributed by atoms with van der Waals surface area (Å²) in [5.74, 6) is 0. The zero-order valence-electron chi connectivity index (χ0n) is 6.13. The molecule has 0 saturated carbocycles. The summed E-state index contributed by atoms with van der Waals surface area (Å²) in [5, 5.41) is 0.686. The molecule has 0 fully saturated rings. The van der Waals surface area contributed by atoms with Crippen molar-refractivity contribution in [1.82, 2.24) is 0 Å². The molecule has 0 spiro atoms. The lowest BCUT2D eigenvalue weighted by Gasteiger charge is -2.09. The molecule has 60 valence electrons. The first-order valence-corrected chi connectivity index (χ1v) is 3.83. The van der Waals surface area contributed by atoms with Gasteiger partial charge in [-0.1, -0.05) is 29.8 Å². The van der Waals surface area contributed by atoms with Gasteiger partial charge in [0.15, 0.2) is 0 Å². The Balaban J connectivity index is 2.93. The third-order valence-corrected chi connectivity index (χ3v) is 1.90. The number of benzene rings is 1. The summed E-state index contributed by atoms with van der Waals surface area (Å²) < 4.78 is 0. The van der Waals surface area contributed by atoms with Crippen LogP contribution in [0, 0.1) is 0 Å². The Morgan fingerprint density at radius 1 is 1.36 bits per heavy atom. The van der Waals surface area contributed by atoms with Gasteiger partial charge in [-0.25, -0.2) is 0 Å². The van der Waals surface area contributed by atoms with E-state index >= 15 is 0 Å². The molecule has 0 radical (unpaired) electrons. The zero-order valence-corrected chi connectivity index (χ0v) is 6.88. The molecule has 0 heterocycles. The maximum atomic E-state index is 5.86. The van der Waals surface area contributed by atoms with E-state index in [2.05, 4.69) is 0 Å². The van der Waals surface area contributed by atoms with Crippen molar-refractivity contribution < 1.29 is 0 Å². The minimum absolute atomic E-state index is 0.149. The topological polar surface area (TPSA) is 52.0 Å². The Morgan fingerprint density at radius 3 is 2.55 bits per heavy atom. The van der Waals surface area contributed by atoms with Crippen LogP contribution >= 0.6 is 11.6 Å². The van der Waals surface area contributed by atoms with E-state index < -0.39 is 0 Å². The predicted octanol–water partition coefficient (Wildman–Crippen LogP) is 1.30. The number of hydrogen-bond donors (Lipinski definition) is 2. The van der Waals surface area contributed by atoms with Crippen LogP contribution in [0.25, 0.3) is 0 Å². The standard InChI is InChI=1S/C8H11ClN2/c9-7-4-2-1-3-6(7)8(11)5-10/h1-4,8H,5,10-11H2/t8-/m1/s1. The van der Waals surface area contributed by atoms with Crippen LogP contribution in [0.15, 0.2) is 24.3 Å². The van der Waals surface area contributed by atoms with Crippen molar-refractivity contribution in [3.05, 3.63) is 34.9 Å². The van der Waals surface area contributed by atoms with Gasteiger partial charge in [-0.3, -0.25) is 0 Å². The van der Waals surface area contributed by atoms with E-state index in [4.69, 9.17) is 23.1 Å². The van der Waals surface area contributed by atoms with Crippen molar-refractivity contribution in [2.75, 3.05) is 6.54 Å². The molecule has 0 aliphatic rings. The van der Waals surface area contributed by atoms with E-state index in [1.54, 1.807) is 0 Å². The van der Waals surface area contributed by atoms with Crippen molar-refractivity contribution in [2.24, 2.45) is 11.5 Å². The van der Waals surface area contributed by atoms with Crippen LogP contribution in [-0.4, -0.2) is 6.54 Å². The Kier molecular flexibility index (Phi) is 2.88. The predicted molar refractivity (Wildman–Crippen MR) is 47.4 cm³/mol. The first kappa shape index (κ1) is 8.53. The maximum absolute atomic E-state index is 5.86. The average molecular weight is 171 g/mol. The number of halogens is 1. The minimum Gasteiger partial charge on any atom is -0.329 e. The third kappa shape index (κ3) is 1.93. The molecular formula is C8H11ClN2. The molecule has 11 heavy (non-hydrogen) atoms. The smallest absolute Gasteiger partial charge is 0.0454 e. The molecule has 0 saturated heterocycles. The Bertz CT molecular complexity index is 237. The number of nitrogens with two attached hydrogens (primary N) is 2. The minimum atomic E-state index is -0.149. The van der Waals surface area contributed by atoms with E-state index in [9.17, 15) is 0 Å². The molecule has 2 nitrogen and oxygen atoms in total. The Hall–Kier alpha value is -0.570. The van der Waals surface area contributed by atoms with Crippen LogP contribution in [0.5, 0.6) is 0 Å². The highest BCUT2D eigenvalue weighted by molar-refractivity contribution is 6.31. The van der Waals surface area contributed by atoms with E-state index in [0.29, 0.717) is 11.6 Å². The van der Waals surface area contributed by atoms with Crippen molar-refractivity contribution in [3.8, 4) is 0 Å². The molecule has 1 aromatic carbocycles. The molecule has 1 rings (SSSR count). The molecule has 1 atom stereocenters. The monoisotopic (exact) mass is 170 g/mol. The molecular weight excluding hydrogens is 160 g/mol. The van der Waals surface area contributed by atoms with Crippen molar-refractivity contribution in [1.29, 1.82) is 0 Å². The quantitative estimate of drug-likeness (QED) is 0.703. The fourth-order valence-electron chi connectivity index (χ4n) is 0.903. The van der Waals surface area contributed by atoms with Crippen LogP contribution in [-0.2, 0) is 0 Å².